The fourth-order valence-electron chi connectivity index (χ4n) is 2.69. The number of furan rings is 1. The van der Waals surface area contributed by atoms with Crippen molar-refractivity contribution in [3.63, 3.8) is 0 Å². The first-order chi connectivity index (χ1) is 10.5. The molecule has 0 spiro atoms. The first-order valence-electron chi connectivity index (χ1n) is 7.03. The Morgan fingerprint density at radius 1 is 1.09 bits per heavy atom. The van der Waals surface area contributed by atoms with Crippen molar-refractivity contribution in [2.75, 3.05) is 5.32 Å². The maximum atomic E-state index is 12.5. The van der Waals surface area contributed by atoms with E-state index in [1.54, 1.807) is 6.07 Å². The molecule has 1 heterocycles. The first-order valence-corrected chi connectivity index (χ1v) is 7.82. The molecule has 0 radical (unpaired) electrons. The lowest BCUT2D eigenvalue weighted by Gasteiger charge is -2.11. The van der Waals surface area contributed by atoms with E-state index < -0.39 is 0 Å². The highest BCUT2D eigenvalue weighted by atomic mass is 79.9. The zero-order valence-electron chi connectivity index (χ0n) is 12.7. The van der Waals surface area contributed by atoms with E-state index in [-0.39, 0.29) is 5.91 Å². The van der Waals surface area contributed by atoms with E-state index in [2.05, 4.69) is 33.4 Å². The predicted octanol–water partition coefficient (Wildman–Crippen LogP) is 5.37. The van der Waals surface area contributed by atoms with Gasteiger partial charge in [-0.3, -0.25) is 4.79 Å². The predicted molar refractivity (Wildman–Crippen MR) is 92.5 cm³/mol. The molecule has 1 aromatic heterocycles. The van der Waals surface area contributed by atoms with Crippen LogP contribution in [0.4, 0.5) is 5.69 Å². The maximum absolute atomic E-state index is 12.5. The van der Waals surface area contributed by atoms with Crippen LogP contribution in [0.1, 0.15) is 27.2 Å². The largest absolute Gasteiger partial charge is 0.450 e. The molecule has 0 saturated heterocycles. The van der Waals surface area contributed by atoms with Gasteiger partial charge in [-0.2, -0.15) is 0 Å². The minimum Gasteiger partial charge on any atom is -0.450 e. The Bertz CT molecular complexity index is 857. The maximum Gasteiger partial charge on any atom is 0.291 e. The lowest BCUT2D eigenvalue weighted by atomic mass is 10.1. The smallest absolute Gasteiger partial charge is 0.291 e. The third-order valence-electron chi connectivity index (χ3n) is 3.64. The summed E-state index contributed by atoms with van der Waals surface area (Å²) in [6, 6.07) is 11.6. The molecular formula is C18H16BrNO2. The molecule has 0 aliphatic rings. The molecule has 1 N–H and O–H groups in total. The molecule has 0 fully saturated rings. The quantitative estimate of drug-likeness (QED) is 0.669. The van der Waals surface area contributed by atoms with Crippen molar-refractivity contribution in [3.8, 4) is 0 Å². The van der Waals surface area contributed by atoms with Crippen LogP contribution in [0.25, 0.3) is 11.0 Å². The standard InChI is InChI=1S/C18H16BrNO2/c1-10-7-11(2)16(12(3)8-10)20-18(21)15-9-13-5-4-6-14(19)17(13)22-15/h4-9H,1-3H3,(H,20,21). The van der Waals surface area contributed by atoms with Crippen molar-refractivity contribution in [2.45, 2.75) is 20.8 Å². The fourth-order valence-corrected chi connectivity index (χ4v) is 3.15. The first kappa shape index (κ1) is 14.9. The van der Waals surface area contributed by atoms with Crippen LogP contribution >= 0.6 is 15.9 Å². The van der Waals surface area contributed by atoms with Crippen LogP contribution in [0.2, 0.25) is 0 Å². The second-order valence-corrected chi connectivity index (χ2v) is 6.35. The number of carbonyl (C=O) groups is 1. The molecule has 0 saturated carbocycles. The Morgan fingerprint density at radius 3 is 2.41 bits per heavy atom. The second kappa shape index (κ2) is 5.61. The van der Waals surface area contributed by atoms with E-state index in [1.807, 2.05) is 39.0 Å². The van der Waals surface area contributed by atoms with Crippen LogP contribution < -0.4 is 5.32 Å². The Labute approximate surface area is 137 Å². The summed E-state index contributed by atoms with van der Waals surface area (Å²) in [5.74, 6) is 0.0689. The lowest BCUT2D eigenvalue weighted by Crippen LogP contribution is -2.13. The molecule has 3 aromatic rings. The molecule has 0 bridgehead atoms. The van der Waals surface area contributed by atoms with Crippen LogP contribution in [0.3, 0.4) is 0 Å². The number of amides is 1. The summed E-state index contributed by atoms with van der Waals surface area (Å²) >= 11 is 3.43. The average molecular weight is 358 g/mol. The van der Waals surface area contributed by atoms with Crippen molar-refractivity contribution >= 4 is 38.5 Å². The molecule has 1 amide bonds. The third-order valence-corrected chi connectivity index (χ3v) is 4.26. The average Bonchev–Trinajstić information content (AvgIpc) is 2.88. The topological polar surface area (TPSA) is 42.2 Å². The second-order valence-electron chi connectivity index (χ2n) is 5.50. The van der Waals surface area contributed by atoms with Crippen molar-refractivity contribution in [2.24, 2.45) is 0 Å². The highest BCUT2D eigenvalue weighted by Gasteiger charge is 2.15. The Morgan fingerprint density at radius 2 is 1.77 bits per heavy atom. The summed E-state index contributed by atoms with van der Waals surface area (Å²) in [6.07, 6.45) is 0. The summed E-state index contributed by atoms with van der Waals surface area (Å²) in [5.41, 5.74) is 4.80. The van der Waals surface area contributed by atoms with Gasteiger partial charge in [0, 0.05) is 11.1 Å². The van der Waals surface area contributed by atoms with Gasteiger partial charge in [-0.1, -0.05) is 29.8 Å². The van der Waals surface area contributed by atoms with Crippen LogP contribution in [0.15, 0.2) is 45.3 Å². The number of carbonyl (C=O) groups excluding carboxylic acids is 1. The number of aryl methyl sites for hydroxylation is 3. The van der Waals surface area contributed by atoms with Crippen LogP contribution in [-0.4, -0.2) is 5.91 Å². The monoisotopic (exact) mass is 357 g/mol. The Kier molecular flexibility index (Phi) is 3.79. The Balaban J connectivity index is 1.95. The molecule has 0 aliphatic carbocycles. The van der Waals surface area contributed by atoms with E-state index >= 15 is 0 Å². The number of anilines is 1. The van der Waals surface area contributed by atoms with Crippen LogP contribution in [-0.2, 0) is 0 Å². The molecule has 0 atom stereocenters. The van der Waals surface area contributed by atoms with Crippen molar-refractivity contribution < 1.29 is 9.21 Å². The van der Waals surface area contributed by atoms with Crippen molar-refractivity contribution in [3.05, 3.63) is 63.3 Å². The molecule has 2 aromatic carbocycles. The third kappa shape index (κ3) is 2.66. The minimum atomic E-state index is -0.238. The van der Waals surface area contributed by atoms with Gasteiger partial charge in [0.25, 0.3) is 5.91 Å². The molecule has 22 heavy (non-hydrogen) atoms. The minimum absolute atomic E-state index is 0.238. The lowest BCUT2D eigenvalue weighted by molar-refractivity contribution is 0.0998. The van der Waals surface area contributed by atoms with Crippen molar-refractivity contribution in [1.82, 2.24) is 0 Å². The van der Waals surface area contributed by atoms with E-state index in [4.69, 9.17) is 4.42 Å². The fraction of sp³-hybridized carbons (Fsp3) is 0.167. The molecular weight excluding hydrogens is 342 g/mol. The zero-order valence-corrected chi connectivity index (χ0v) is 14.2. The number of hydrogen-bond donors (Lipinski definition) is 1. The number of nitrogens with one attached hydrogen (secondary N) is 1. The highest BCUT2D eigenvalue weighted by Crippen LogP contribution is 2.28. The van der Waals surface area contributed by atoms with Gasteiger partial charge in [0.1, 0.15) is 5.58 Å². The molecule has 3 rings (SSSR count). The van der Waals surface area contributed by atoms with E-state index in [1.165, 1.54) is 5.56 Å². The van der Waals surface area contributed by atoms with Crippen LogP contribution in [0.5, 0.6) is 0 Å². The van der Waals surface area contributed by atoms with Gasteiger partial charge in [0.05, 0.1) is 4.47 Å². The van der Waals surface area contributed by atoms with E-state index in [9.17, 15) is 4.79 Å². The number of hydrogen-bond acceptors (Lipinski definition) is 2. The summed E-state index contributed by atoms with van der Waals surface area (Å²) < 4.78 is 6.52. The summed E-state index contributed by atoms with van der Waals surface area (Å²) in [5, 5.41) is 3.85. The Hall–Kier alpha value is -2.07. The van der Waals surface area contributed by atoms with Gasteiger partial charge in [0.2, 0.25) is 0 Å². The normalized spacial score (nSPS) is 10.9. The van der Waals surface area contributed by atoms with Crippen molar-refractivity contribution in [1.29, 1.82) is 0 Å². The van der Waals surface area contributed by atoms with Gasteiger partial charge in [0.15, 0.2) is 5.76 Å². The SMILES string of the molecule is Cc1cc(C)c(NC(=O)c2cc3cccc(Br)c3o2)c(C)c1. The molecule has 0 unspecified atom stereocenters. The summed E-state index contributed by atoms with van der Waals surface area (Å²) in [6.45, 7) is 6.03. The van der Waals surface area contributed by atoms with Gasteiger partial charge in [-0.05, 0) is 60.0 Å². The number of benzene rings is 2. The van der Waals surface area contributed by atoms with Gasteiger partial charge in [-0.25, -0.2) is 0 Å². The van der Waals surface area contributed by atoms with Gasteiger partial charge >= 0.3 is 0 Å². The molecule has 0 aliphatic heterocycles. The number of para-hydroxylation sites is 1. The van der Waals surface area contributed by atoms with Crippen LogP contribution in [0, 0.1) is 20.8 Å². The summed E-state index contributed by atoms with van der Waals surface area (Å²) in [7, 11) is 0. The summed E-state index contributed by atoms with van der Waals surface area (Å²) in [4.78, 5) is 12.5. The molecule has 3 nitrogen and oxygen atoms in total. The molecule has 4 heteroatoms. The number of halogens is 1. The molecule has 112 valence electrons. The highest BCUT2D eigenvalue weighted by molar-refractivity contribution is 9.10. The van der Waals surface area contributed by atoms with E-state index in [0.29, 0.717) is 11.3 Å². The van der Waals surface area contributed by atoms with Gasteiger partial charge < -0.3 is 9.73 Å². The zero-order chi connectivity index (χ0) is 15.9. The number of fused-ring (bicyclic) bond motifs is 1. The van der Waals surface area contributed by atoms with E-state index in [0.717, 1.165) is 26.7 Å². The van der Waals surface area contributed by atoms with Gasteiger partial charge in [-0.15, -0.1) is 0 Å². The number of rotatable bonds is 2.